The summed E-state index contributed by atoms with van der Waals surface area (Å²) in [6.07, 6.45) is 1.69. The Kier molecular flexibility index (Phi) is 7.52. The topological polar surface area (TPSA) is 21.3 Å². The highest BCUT2D eigenvalue weighted by Gasteiger charge is 1.92. The van der Waals surface area contributed by atoms with E-state index in [1.807, 2.05) is 0 Å². The van der Waals surface area contributed by atoms with Gasteiger partial charge in [-0.25, -0.2) is 0 Å². The molecule has 0 unspecified atom stereocenters. The van der Waals surface area contributed by atoms with E-state index >= 15 is 0 Å². The molecule has 2 nitrogen and oxygen atoms in total. The molecule has 50 valence electrons. The maximum Gasteiger partial charge on any atom is 0.0591 e. The molecule has 1 aliphatic heterocycles. The number of rotatable bonds is 0. The molecule has 0 aliphatic carbocycles. The van der Waals surface area contributed by atoms with Crippen LogP contribution in [0.4, 0.5) is 0 Å². The van der Waals surface area contributed by atoms with Gasteiger partial charge in [0.05, 0.1) is 13.2 Å². The Balaban J connectivity index is 0.000000222. The van der Waals surface area contributed by atoms with Crippen molar-refractivity contribution in [3.63, 3.8) is 0 Å². The molecule has 0 aromatic heterocycles. The molecule has 8 heavy (non-hydrogen) atoms. The molecule has 0 atom stereocenters. The Morgan fingerprint density at radius 2 is 1.75 bits per heavy atom. The van der Waals surface area contributed by atoms with Gasteiger partial charge in [0.2, 0.25) is 0 Å². The summed E-state index contributed by atoms with van der Waals surface area (Å²) < 4.78 is 5.01. The van der Waals surface area contributed by atoms with Crippen LogP contribution in [-0.4, -0.2) is 32.6 Å². The Labute approximate surface area is 56.0 Å². The third-order valence-electron chi connectivity index (χ3n) is 0.846. The van der Waals surface area contributed by atoms with Gasteiger partial charge in [0, 0.05) is 13.1 Å². The minimum absolute atomic E-state index is 0.889. The van der Waals surface area contributed by atoms with Crippen LogP contribution < -0.4 is 5.32 Å². The number of hydrogen-bond acceptors (Lipinski definition) is 3. The van der Waals surface area contributed by atoms with E-state index in [-0.39, 0.29) is 0 Å². The van der Waals surface area contributed by atoms with E-state index in [2.05, 4.69) is 17.9 Å². The van der Waals surface area contributed by atoms with Gasteiger partial charge in [-0.2, -0.15) is 12.6 Å². The lowest BCUT2D eigenvalue weighted by atomic mass is 10.5. The zero-order chi connectivity index (χ0) is 6.24. The second-order valence-corrected chi connectivity index (χ2v) is 1.36. The predicted octanol–water partition coefficient (Wildman–Crippen LogP) is 0.152. The highest BCUT2D eigenvalue weighted by atomic mass is 32.1. The molecular weight excluding hydrogens is 122 g/mol. The van der Waals surface area contributed by atoms with Crippen LogP contribution in [0.5, 0.6) is 0 Å². The van der Waals surface area contributed by atoms with Crippen molar-refractivity contribution in [3.05, 3.63) is 0 Å². The highest BCUT2D eigenvalue weighted by Crippen LogP contribution is 1.76. The lowest BCUT2D eigenvalue weighted by molar-refractivity contribution is 0.109. The first-order valence-corrected chi connectivity index (χ1v) is 3.63. The Hall–Kier alpha value is 0.270. The summed E-state index contributed by atoms with van der Waals surface area (Å²) in [6.45, 7) is 3.83. The fourth-order valence-electron chi connectivity index (χ4n) is 0.516. The van der Waals surface area contributed by atoms with Gasteiger partial charge in [0.25, 0.3) is 0 Å². The number of ether oxygens (including phenoxy) is 1. The first kappa shape index (κ1) is 8.27. The molecule has 1 saturated heterocycles. The molecule has 0 saturated carbocycles. The number of nitrogens with one attached hydrogen (secondary N) is 1. The standard InChI is InChI=1S/C4H9NO.CH4S/c1-3-6-4-2-5-1;1-2/h5H,1-4H2;2H,1H3. The molecule has 1 aliphatic rings. The molecule has 1 rings (SSSR count). The first-order valence-electron chi connectivity index (χ1n) is 2.73. The second-order valence-electron chi connectivity index (χ2n) is 1.36. The molecule has 0 radical (unpaired) electrons. The molecule has 0 aromatic carbocycles. The zero-order valence-electron chi connectivity index (χ0n) is 5.18. The minimum Gasteiger partial charge on any atom is -0.379 e. The summed E-state index contributed by atoms with van der Waals surface area (Å²) in [5.41, 5.74) is 0. The molecule has 0 aromatic rings. The van der Waals surface area contributed by atoms with E-state index in [0.29, 0.717) is 0 Å². The van der Waals surface area contributed by atoms with Crippen LogP contribution in [0.15, 0.2) is 0 Å². The van der Waals surface area contributed by atoms with Crippen molar-refractivity contribution in [2.24, 2.45) is 0 Å². The maximum atomic E-state index is 5.01. The van der Waals surface area contributed by atoms with Gasteiger partial charge in [0.1, 0.15) is 0 Å². The first-order chi connectivity index (χ1) is 4.00. The van der Waals surface area contributed by atoms with Gasteiger partial charge in [0.15, 0.2) is 0 Å². The van der Waals surface area contributed by atoms with Crippen molar-refractivity contribution >= 4 is 12.6 Å². The molecular formula is C5H13NOS. The normalized spacial score (nSPS) is 18.8. The molecule has 1 N–H and O–H groups in total. The summed E-state index contributed by atoms with van der Waals surface area (Å²) in [5, 5.41) is 3.16. The lowest BCUT2D eigenvalue weighted by Gasteiger charge is -2.10. The predicted molar refractivity (Wildman–Crippen MR) is 38.6 cm³/mol. The lowest BCUT2D eigenvalue weighted by Crippen LogP contribution is -2.30. The zero-order valence-corrected chi connectivity index (χ0v) is 6.08. The number of hydrogen-bond donors (Lipinski definition) is 2. The van der Waals surface area contributed by atoms with Crippen LogP contribution in [0.2, 0.25) is 0 Å². The Morgan fingerprint density at radius 3 is 1.88 bits per heavy atom. The van der Waals surface area contributed by atoms with Gasteiger partial charge in [-0.05, 0) is 6.26 Å². The maximum absolute atomic E-state index is 5.01. The quantitative estimate of drug-likeness (QED) is 0.461. The Bertz CT molecular complexity index is 27.9. The van der Waals surface area contributed by atoms with E-state index < -0.39 is 0 Å². The van der Waals surface area contributed by atoms with Crippen molar-refractivity contribution in [2.45, 2.75) is 0 Å². The SMILES string of the molecule is C1COCCN1.CS. The van der Waals surface area contributed by atoms with Gasteiger partial charge < -0.3 is 10.1 Å². The third-order valence-corrected chi connectivity index (χ3v) is 0.846. The van der Waals surface area contributed by atoms with Gasteiger partial charge in [-0.1, -0.05) is 0 Å². The largest absolute Gasteiger partial charge is 0.379 e. The summed E-state index contributed by atoms with van der Waals surface area (Å²) >= 11 is 3.53. The van der Waals surface area contributed by atoms with Crippen molar-refractivity contribution in [3.8, 4) is 0 Å². The van der Waals surface area contributed by atoms with Crippen LogP contribution in [0.3, 0.4) is 0 Å². The van der Waals surface area contributed by atoms with Gasteiger partial charge in [-0.3, -0.25) is 0 Å². The van der Waals surface area contributed by atoms with E-state index in [1.165, 1.54) is 0 Å². The van der Waals surface area contributed by atoms with Gasteiger partial charge in [-0.15, -0.1) is 0 Å². The molecule has 0 bridgehead atoms. The number of thiol groups is 1. The summed E-state index contributed by atoms with van der Waals surface area (Å²) in [6, 6.07) is 0. The summed E-state index contributed by atoms with van der Waals surface area (Å²) in [4.78, 5) is 0. The van der Waals surface area contributed by atoms with Crippen LogP contribution in [-0.2, 0) is 4.74 Å². The molecule has 0 spiro atoms. The fraction of sp³-hybridized carbons (Fsp3) is 1.00. The summed E-state index contributed by atoms with van der Waals surface area (Å²) in [7, 11) is 0. The molecule has 1 fully saturated rings. The summed E-state index contributed by atoms with van der Waals surface area (Å²) in [5.74, 6) is 0. The van der Waals surface area contributed by atoms with Crippen molar-refractivity contribution < 1.29 is 4.74 Å². The van der Waals surface area contributed by atoms with Crippen molar-refractivity contribution in [2.75, 3.05) is 32.6 Å². The molecule has 3 heteroatoms. The molecule has 1 heterocycles. The fourth-order valence-corrected chi connectivity index (χ4v) is 0.516. The third kappa shape index (κ3) is 4.43. The highest BCUT2D eigenvalue weighted by molar-refractivity contribution is 7.79. The van der Waals surface area contributed by atoms with E-state index in [4.69, 9.17) is 4.74 Å². The Morgan fingerprint density at radius 1 is 1.25 bits per heavy atom. The second kappa shape index (κ2) is 7.27. The number of morpholine rings is 1. The van der Waals surface area contributed by atoms with E-state index in [0.717, 1.165) is 26.3 Å². The monoisotopic (exact) mass is 135 g/mol. The van der Waals surface area contributed by atoms with Crippen LogP contribution >= 0.6 is 12.6 Å². The van der Waals surface area contributed by atoms with Crippen LogP contribution in [0.1, 0.15) is 0 Å². The smallest absolute Gasteiger partial charge is 0.0591 e. The minimum atomic E-state index is 0.889. The van der Waals surface area contributed by atoms with E-state index in [9.17, 15) is 0 Å². The average molecular weight is 135 g/mol. The average Bonchev–Trinajstić information content (AvgIpc) is 1.96. The van der Waals surface area contributed by atoms with Gasteiger partial charge >= 0.3 is 0 Å². The molecule has 0 amide bonds. The van der Waals surface area contributed by atoms with Crippen molar-refractivity contribution in [1.29, 1.82) is 0 Å². The van der Waals surface area contributed by atoms with E-state index in [1.54, 1.807) is 6.26 Å². The van der Waals surface area contributed by atoms with Crippen LogP contribution in [0.25, 0.3) is 0 Å². The van der Waals surface area contributed by atoms with Crippen LogP contribution in [0, 0.1) is 0 Å². The van der Waals surface area contributed by atoms with Crippen molar-refractivity contribution in [1.82, 2.24) is 5.32 Å².